The number of hydrogen-bond acceptors (Lipinski definition) is 2. The second-order valence-corrected chi connectivity index (χ2v) is 6.90. The number of rotatable bonds is 5. The van der Waals surface area contributed by atoms with Crippen LogP contribution in [0.4, 0.5) is 0 Å². The van der Waals surface area contributed by atoms with Crippen molar-refractivity contribution in [3.8, 4) is 0 Å². The zero-order valence-corrected chi connectivity index (χ0v) is 14.3. The van der Waals surface area contributed by atoms with Crippen molar-refractivity contribution in [2.45, 2.75) is 19.4 Å². The Labute approximate surface area is 136 Å². The van der Waals surface area contributed by atoms with Crippen molar-refractivity contribution >= 4 is 50.5 Å². The van der Waals surface area contributed by atoms with Crippen LogP contribution in [-0.4, -0.2) is 6.54 Å². The molecule has 2 rings (SSSR count). The molecule has 1 unspecified atom stereocenters. The average Bonchev–Trinajstić information content (AvgIpc) is 2.80. The van der Waals surface area contributed by atoms with Crippen molar-refractivity contribution in [1.82, 2.24) is 5.32 Å². The van der Waals surface area contributed by atoms with Gasteiger partial charge in [-0.1, -0.05) is 36.2 Å². The van der Waals surface area contributed by atoms with E-state index in [2.05, 4.69) is 39.6 Å². The zero-order chi connectivity index (χ0) is 13.8. The van der Waals surface area contributed by atoms with E-state index in [4.69, 9.17) is 23.2 Å². The van der Waals surface area contributed by atoms with Crippen LogP contribution in [0.1, 0.15) is 23.4 Å². The van der Waals surface area contributed by atoms with Crippen LogP contribution in [0.15, 0.2) is 34.1 Å². The first kappa shape index (κ1) is 15.3. The van der Waals surface area contributed by atoms with E-state index in [0.717, 1.165) is 17.4 Å². The van der Waals surface area contributed by atoms with Crippen molar-refractivity contribution in [2.75, 3.05) is 6.54 Å². The lowest BCUT2D eigenvalue weighted by molar-refractivity contribution is 0.558. The molecule has 19 heavy (non-hydrogen) atoms. The summed E-state index contributed by atoms with van der Waals surface area (Å²) in [7, 11) is 0. The van der Waals surface area contributed by atoms with Crippen LogP contribution in [0.5, 0.6) is 0 Å². The fraction of sp³-hybridized carbons (Fsp3) is 0.286. The molecule has 0 fully saturated rings. The molecule has 0 spiro atoms. The van der Waals surface area contributed by atoms with E-state index >= 15 is 0 Å². The van der Waals surface area contributed by atoms with Gasteiger partial charge in [0, 0.05) is 20.8 Å². The summed E-state index contributed by atoms with van der Waals surface area (Å²) >= 11 is 17.3. The van der Waals surface area contributed by atoms with E-state index in [-0.39, 0.29) is 0 Å². The van der Waals surface area contributed by atoms with Gasteiger partial charge in [0.1, 0.15) is 0 Å². The minimum atomic E-state index is 0.304. The number of thiophene rings is 1. The molecule has 0 aliphatic rings. The van der Waals surface area contributed by atoms with Crippen molar-refractivity contribution in [3.05, 3.63) is 54.6 Å². The van der Waals surface area contributed by atoms with Crippen molar-refractivity contribution in [2.24, 2.45) is 0 Å². The van der Waals surface area contributed by atoms with Gasteiger partial charge >= 0.3 is 0 Å². The molecule has 0 saturated carbocycles. The zero-order valence-electron chi connectivity index (χ0n) is 10.4. The Bertz CT molecular complexity index is 556. The highest BCUT2D eigenvalue weighted by atomic mass is 79.9. The maximum absolute atomic E-state index is 6.07. The molecule has 0 amide bonds. The molecule has 102 valence electrons. The lowest BCUT2D eigenvalue weighted by Gasteiger charge is -2.16. The number of hydrogen-bond donors (Lipinski definition) is 1. The molecule has 1 aromatic heterocycles. The van der Waals surface area contributed by atoms with Gasteiger partial charge in [-0.05, 0) is 52.7 Å². The van der Waals surface area contributed by atoms with Gasteiger partial charge in [-0.25, -0.2) is 0 Å². The summed E-state index contributed by atoms with van der Waals surface area (Å²) in [6, 6.07) is 8.29. The maximum Gasteiger partial charge on any atom is 0.0595 e. The first-order valence-corrected chi connectivity index (χ1v) is 8.44. The van der Waals surface area contributed by atoms with E-state index in [1.165, 1.54) is 10.4 Å². The van der Waals surface area contributed by atoms with Crippen LogP contribution in [0.25, 0.3) is 0 Å². The van der Waals surface area contributed by atoms with E-state index in [0.29, 0.717) is 16.1 Å². The smallest absolute Gasteiger partial charge is 0.0595 e. The molecule has 0 radical (unpaired) electrons. The molecule has 2 aromatic rings. The number of benzene rings is 1. The standard InChI is InChI=1S/C14H14BrCl2NS/c1-2-18-13(14-7-10(15)8-19-14)6-9-3-4-11(16)12(17)5-9/h3-5,7-8,13,18H,2,6H2,1H3. The third-order valence-corrected chi connectivity index (χ3v) is 5.35. The topological polar surface area (TPSA) is 12.0 Å². The lowest BCUT2D eigenvalue weighted by Crippen LogP contribution is -2.22. The molecule has 0 aliphatic heterocycles. The van der Waals surface area contributed by atoms with E-state index in [1.807, 2.05) is 18.2 Å². The Morgan fingerprint density at radius 3 is 2.63 bits per heavy atom. The first-order chi connectivity index (χ1) is 9.10. The summed E-state index contributed by atoms with van der Waals surface area (Å²) < 4.78 is 1.13. The van der Waals surface area contributed by atoms with Crippen molar-refractivity contribution < 1.29 is 0 Å². The number of likely N-dealkylation sites (N-methyl/N-ethyl adjacent to an activating group) is 1. The summed E-state index contributed by atoms with van der Waals surface area (Å²) in [5.74, 6) is 0. The first-order valence-electron chi connectivity index (χ1n) is 6.01. The highest BCUT2D eigenvalue weighted by Gasteiger charge is 2.14. The molecule has 5 heteroatoms. The fourth-order valence-corrected chi connectivity index (χ4v) is 3.77. The molecular formula is C14H14BrCl2NS. The van der Waals surface area contributed by atoms with Crippen LogP contribution in [0.3, 0.4) is 0 Å². The third kappa shape index (κ3) is 4.20. The maximum atomic E-state index is 6.07. The Balaban J connectivity index is 2.18. The molecule has 1 nitrogen and oxygen atoms in total. The summed E-state index contributed by atoms with van der Waals surface area (Å²) in [5.41, 5.74) is 1.19. The minimum Gasteiger partial charge on any atom is -0.309 e. The van der Waals surface area contributed by atoms with Crippen LogP contribution in [-0.2, 0) is 6.42 Å². The van der Waals surface area contributed by atoms with Crippen LogP contribution in [0, 0.1) is 0 Å². The van der Waals surface area contributed by atoms with Crippen LogP contribution in [0.2, 0.25) is 10.0 Å². The Kier molecular flexibility index (Phi) is 5.72. The van der Waals surface area contributed by atoms with Crippen molar-refractivity contribution in [1.29, 1.82) is 0 Å². The van der Waals surface area contributed by atoms with E-state index < -0.39 is 0 Å². The molecule has 1 aromatic carbocycles. The van der Waals surface area contributed by atoms with Gasteiger partial charge in [-0.15, -0.1) is 11.3 Å². The highest BCUT2D eigenvalue weighted by Crippen LogP contribution is 2.29. The normalized spacial score (nSPS) is 12.6. The quantitative estimate of drug-likeness (QED) is 0.702. The molecule has 0 bridgehead atoms. The molecule has 1 heterocycles. The van der Waals surface area contributed by atoms with Crippen LogP contribution < -0.4 is 5.32 Å². The van der Waals surface area contributed by atoms with Gasteiger partial charge in [0.25, 0.3) is 0 Å². The van der Waals surface area contributed by atoms with Gasteiger partial charge in [-0.2, -0.15) is 0 Å². The predicted octanol–water partition coefficient (Wildman–Crippen LogP) is 5.71. The monoisotopic (exact) mass is 377 g/mol. The van der Waals surface area contributed by atoms with Gasteiger partial charge in [0.2, 0.25) is 0 Å². The molecule has 1 atom stereocenters. The van der Waals surface area contributed by atoms with Crippen LogP contribution >= 0.6 is 50.5 Å². The Hall–Kier alpha value is -0.0600. The van der Waals surface area contributed by atoms with E-state index in [9.17, 15) is 0 Å². The number of nitrogens with one attached hydrogen (secondary N) is 1. The number of halogens is 3. The summed E-state index contributed by atoms with van der Waals surface area (Å²) in [4.78, 5) is 1.32. The van der Waals surface area contributed by atoms with Gasteiger partial charge < -0.3 is 5.32 Å². The second kappa shape index (κ2) is 7.09. The lowest BCUT2D eigenvalue weighted by atomic mass is 10.0. The molecule has 1 N–H and O–H groups in total. The van der Waals surface area contributed by atoms with Gasteiger partial charge in [-0.3, -0.25) is 0 Å². The summed E-state index contributed by atoms with van der Waals surface area (Å²) in [6.07, 6.45) is 0.900. The third-order valence-electron chi connectivity index (χ3n) is 2.81. The highest BCUT2D eigenvalue weighted by molar-refractivity contribution is 9.10. The summed E-state index contributed by atoms with van der Waals surface area (Å²) in [6.45, 7) is 3.05. The fourth-order valence-electron chi connectivity index (χ4n) is 1.93. The Morgan fingerprint density at radius 1 is 1.26 bits per heavy atom. The SMILES string of the molecule is CCNC(Cc1ccc(Cl)c(Cl)c1)c1cc(Br)cs1. The second-order valence-electron chi connectivity index (χ2n) is 4.23. The van der Waals surface area contributed by atoms with E-state index in [1.54, 1.807) is 11.3 Å². The van der Waals surface area contributed by atoms with Gasteiger partial charge in [0.05, 0.1) is 10.0 Å². The van der Waals surface area contributed by atoms with Crippen molar-refractivity contribution in [3.63, 3.8) is 0 Å². The summed E-state index contributed by atoms with van der Waals surface area (Å²) in [5, 5.41) is 6.83. The predicted molar refractivity (Wildman–Crippen MR) is 88.6 cm³/mol. The molecule has 0 saturated heterocycles. The average molecular weight is 379 g/mol. The largest absolute Gasteiger partial charge is 0.309 e. The molecule has 0 aliphatic carbocycles. The Morgan fingerprint density at radius 2 is 2.05 bits per heavy atom. The minimum absolute atomic E-state index is 0.304. The van der Waals surface area contributed by atoms with Gasteiger partial charge in [0.15, 0.2) is 0 Å². The molecular weight excluding hydrogens is 365 g/mol.